The van der Waals surface area contributed by atoms with Gasteiger partial charge in [0.15, 0.2) is 0 Å². The summed E-state index contributed by atoms with van der Waals surface area (Å²) in [5, 5.41) is 2.80. The Morgan fingerprint density at radius 1 is 1.15 bits per heavy atom. The molecule has 0 radical (unpaired) electrons. The zero-order valence-electron chi connectivity index (χ0n) is 12.4. The number of rotatable bonds is 4. The molecule has 2 amide bonds. The van der Waals surface area contributed by atoms with Crippen LogP contribution in [0.3, 0.4) is 0 Å². The molecule has 0 spiro atoms. The maximum Gasteiger partial charge on any atom is 0.242 e. The second-order valence-corrected chi connectivity index (χ2v) is 5.89. The minimum absolute atomic E-state index is 0.0540. The summed E-state index contributed by atoms with van der Waals surface area (Å²) >= 11 is 0. The molecule has 1 aliphatic carbocycles. The Labute approximate surface area is 120 Å². The maximum atomic E-state index is 12.5. The van der Waals surface area contributed by atoms with Crippen molar-refractivity contribution in [1.82, 2.24) is 15.1 Å². The molecule has 0 bridgehead atoms. The van der Waals surface area contributed by atoms with E-state index in [1.54, 1.807) is 0 Å². The summed E-state index contributed by atoms with van der Waals surface area (Å²) in [5.41, 5.74) is 5.60. The van der Waals surface area contributed by atoms with E-state index in [-0.39, 0.29) is 11.8 Å². The Balaban J connectivity index is 1.79. The van der Waals surface area contributed by atoms with Crippen LogP contribution in [0.4, 0.5) is 0 Å². The van der Waals surface area contributed by atoms with Crippen LogP contribution in [0.1, 0.15) is 32.6 Å². The van der Waals surface area contributed by atoms with Gasteiger partial charge in [0.05, 0.1) is 12.1 Å². The van der Waals surface area contributed by atoms with Crippen LogP contribution >= 0.6 is 0 Å². The van der Waals surface area contributed by atoms with Crippen LogP contribution in [0.2, 0.25) is 0 Å². The second kappa shape index (κ2) is 6.54. The van der Waals surface area contributed by atoms with Gasteiger partial charge in [-0.05, 0) is 19.8 Å². The van der Waals surface area contributed by atoms with Gasteiger partial charge >= 0.3 is 0 Å². The molecule has 2 fully saturated rings. The molecule has 1 saturated heterocycles. The van der Waals surface area contributed by atoms with E-state index < -0.39 is 5.54 Å². The topological polar surface area (TPSA) is 78.7 Å². The minimum atomic E-state index is -0.623. The van der Waals surface area contributed by atoms with Crippen molar-refractivity contribution in [2.24, 2.45) is 5.73 Å². The molecule has 2 aliphatic rings. The fraction of sp³-hybridized carbons (Fsp3) is 0.857. The second-order valence-electron chi connectivity index (χ2n) is 5.89. The Morgan fingerprint density at radius 2 is 1.75 bits per heavy atom. The number of nitrogens with one attached hydrogen (secondary N) is 1. The third kappa shape index (κ3) is 3.49. The molecular weight excluding hydrogens is 256 g/mol. The molecule has 0 aromatic heterocycles. The van der Waals surface area contributed by atoms with Crippen molar-refractivity contribution in [2.45, 2.75) is 38.1 Å². The molecule has 1 heterocycles. The van der Waals surface area contributed by atoms with Crippen molar-refractivity contribution in [2.75, 3.05) is 39.3 Å². The summed E-state index contributed by atoms with van der Waals surface area (Å²) in [4.78, 5) is 28.0. The fourth-order valence-electron chi connectivity index (χ4n) is 3.10. The van der Waals surface area contributed by atoms with Gasteiger partial charge in [-0.15, -0.1) is 0 Å². The van der Waals surface area contributed by atoms with E-state index in [1.807, 2.05) is 11.8 Å². The molecule has 1 saturated carbocycles. The Bertz CT molecular complexity index is 358. The van der Waals surface area contributed by atoms with Crippen molar-refractivity contribution in [3.8, 4) is 0 Å². The predicted octanol–water partition coefficient (Wildman–Crippen LogP) is -0.462. The number of piperazine rings is 1. The smallest absolute Gasteiger partial charge is 0.242 e. The standard InChI is InChI=1S/C14H26N4O2/c1-2-16-12(19)11-17-7-9-18(10-8-17)13(20)14(15)5-3-4-6-14/h2-11,15H2,1H3,(H,16,19). The van der Waals surface area contributed by atoms with E-state index in [9.17, 15) is 9.59 Å². The van der Waals surface area contributed by atoms with E-state index >= 15 is 0 Å². The fourth-order valence-corrected chi connectivity index (χ4v) is 3.10. The van der Waals surface area contributed by atoms with Gasteiger partial charge in [0, 0.05) is 32.7 Å². The van der Waals surface area contributed by atoms with Crippen LogP contribution < -0.4 is 11.1 Å². The number of nitrogens with zero attached hydrogens (tertiary/aromatic N) is 2. The molecule has 6 heteroatoms. The highest BCUT2D eigenvalue weighted by Gasteiger charge is 2.40. The molecule has 0 unspecified atom stereocenters. The van der Waals surface area contributed by atoms with Gasteiger partial charge in [-0.25, -0.2) is 0 Å². The van der Waals surface area contributed by atoms with Gasteiger partial charge in [0.1, 0.15) is 0 Å². The van der Waals surface area contributed by atoms with Gasteiger partial charge in [-0.3, -0.25) is 14.5 Å². The highest BCUT2D eigenvalue weighted by molar-refractivity contribution is 5.86. The number of amides is 2. The molecule has 3 N–H and O–H groups in total. The van der Waals surface area contributed by atoms with Crippen molar-refractivity contribution in [3.05, 3.63) is 0 Å². The summed E-state index contributed by atoms with van der Waals surface area (Å²) < 4.78 is 0. The van der Waals surface area contributed by atoms with Crippen LogP contribution in [-0.4, -0.2) is 66.4 Å². The highest BCUT2D eigenvalue weighted by Crippen LogP contribution is 2.29. The third-order valence-corrected chi connectivity index (χ3v) is 4.32. The molecule has 0 atom stereocenters. The molecule has 2 rings (SSSR count). The first-order chi connectivity index (χ1) is 9.55. The Kier molecular flexibility index (Phi) is 4.99. The molecular formula is C14H26N4O2. The normalized spacial score (nSPS) is 22.8. The van der Waals surface area contributed by atoms with E-state index in [1.165, 1.54) is 0 Å². The summed E-state index contributed by atoms with van der Waals surface area (Å²) in [6.45, 7) is 5.85. The van der Waals surface area contributed by atoms with Gasteiger partial charge in [-0.2, -0.15) is 0 Å². The summed E-state index contributed by atoms with van der Waals surface area (Å²) in [6, 6.07) is 0. The van der Waals surface area contributed by atoms with Crippen molar-refractivity contribution in [1.29, 1.82) is 0 Å². The Hall–Kier alpha value is -1.14. The molecule has 0 aromatic rings. The summed E-state index contributed by atoms with van der Waals surface area (Å²) in [7, 11) is 0. The molecule has 0 aromatic carbocycles. The summed E-state index contributed by atoms with van der Waals surface area (Å²) in [5.74, 6) is 0.158. The lowest BCUT2D eigenvalue weighted by Crippen LogP contribution is -2.59. The van der Waals surface area contributed by atoms with E-state index in [0.29, 0.717) is 26.2 Å². The van der Waals surface area contributed by atoms with Gasteiger partial charge < -0.3 is 16.0 Å². The maximum absolute atomic E-state index is 12.5. The lowest BCUT2D eigenvalue weighted by Gasteiger charge is -2.38. The molecule has 1 aliphatic heterocycles. The first-order valence-corrected chi connectivity index (χ1v) is 7.62. The molecule has 6 nitrogen and oxygen atoms in total. The summed E-state index contributed by atoms with van der Waals surface area (Å²) in [6.07, 6.45) is 3.73. The number of likely N-dealkylation sites (N-methyl/N-ethyl adjacent to an activating group) is 1. The molecule has 20 heavy (non-hydrogen) atoms. The quantitative estimate of drug-likeness (QED) is 0.731. The zero-order valence-corrected chi connectivity index (χ0v) is 12.4. The van der Waals surface area contributed by atoms with Crippen LogP contribution in [0, 0.1) is 0 Å². The van der Waals surface area contributed by atoms with E-state index in [0.717, 1.165) is 38.8 Å². The average Bonchev–Trinajstić information content (AvgIpc) is 2.87. The largest absolute Gasteiger partial charge is 0.355 e. The van der Waals surface area contributed by atoms with Crippen molar-refractivity contribution >= 4 is 11.8 Å². The highest BCUT2D eigenvalue weighted by atomic mass is 16.2. The van der Waals surface area contributed by atoms with Crippen LogP contribution in [0.25, 0.3) is 0 Å². The number of hydrogen-bond donors (Lipinski definition) is 2. The first-order valence-electron chi connectivity index (χ1n) is 7.62. The Morgan fingerprint density at radius 3 is 2.30 bits per heavy atom. The van der Waals surface area contributed by atoms with Crippen molar-refractivity contribution < 1.29 is 9.59 Å². The molecule has 114 valence electrons. The van der Waals surface area contributed by atoms with E-state index in [2.05, 4.69) is 10.2 Å². The average molecular weight is 282 g/mol. The first kappa shape index (κ1) is 15.3. The zero-order chi connectivity index (χ0) is 14.6. The van der Waals surface area contributed by atoms with Crippen LogP contribution in [-0.2, 0) is 9.59 Å². The van der Waals surface area contributed by atoms with Crippen molar-refractivity contribution in [3.63, 3.8) is 0 Å². The van der Waals surface area contributed by atoms with E-state index in [4.69, 9.17) is 5.73 Å². The number of carbonyl (C=O) groups is 2. The number of hydrogen-bond acceptors (Lipinski definition) is 4. The predicted molar refractivity (Wildman–Crippen MR) is 77.1 cm³/mol. The van der Waals surface area contributed by atoms with Crippen LogP contribution in [0.5, 0.6) is 0 Å². The number of nitrogens with two attached hydrogens (primary N) is 1. The SMILES string of the molecule is CCNC(=O)CN1CCN(C(=O)C2(N)CCCC2)CC1. The lowest BCUT2D eigenvalue weighted by atomic mass is 9.97. The van der Waals surface area contributed by atoms with Gasteiger partial charge in [-0.1, -0.05) is 12.8 Å². The lowest BCUT2D eigenvalue weighted by molar-refractivity contribution is -0.138. The van der Waals surface area contributed by atoms with Crippen LogP contribution in [0.15, 0.2) is 0 Å². The minimum Gasteiger partial charge on any atom is -0.355 e. The van der Waals surface area contributed by atoms with Gasteiger partial charge in [0.25, 0.3) is 0 Å². The van der Waals surface area contributed by atoms with Gasteiger partial charge in [0.2, 0.25) is 11.8 Å². The number of carbonyl (C=O) groups excluding carboxylic acids is 2. The monoisotopic (exact) mass is 282 g/mol. The third-order valence-electron chi connectivity index (χ3n) is 4.32.